The number of benzene rings is 2. The third kappa shape index (κ3) is 4.26. The molecular formula is C25H27ClN4O3S. The van der Waals surface area contributed by atoms with Crippen molar-refractivity contribution >= 4 is 44.1 Å². The van der Waals surface area contributed by atoms with Gasteiger partial charge in [0.2, 0.25) is 15.9 Å². The summed E-state index contributed by atoms with van der Waals surface area (Å²) in [6.45, 7) is 4.73. The largest absolute Gasteiger partial charge is 0.367 e. The van der Waals surface area contributed by atoms with Crippen LogP contribution in [0.25, 0.3) is 10.9 Å². The second-order valence-electron chi connectivity index (χ2n) is 8.89. The Hall–Kier alpha value is -2.68. The maximum Gasteiger partial charge on any atom is 0.243 e. The number of amides is 1. The van der Waals surface area contributed by atoms with Crippen LogP contribution in [0.15, 0.2) is 59.6 Å². The van der Waals surface area contributed by atoms with E-state index in [1.54, 1.807) is 30.5 Å². The van der Waals surface area contributed by atoms with E-state index in [0.717, 1.165) is 22.2 Å². The zero-order chi connectivity index (χ0) is 23.9. The quantitative estimate of drug-likeness (QED) is 0.548. The molecule has 2 aliphatic rings. The van der Waals surface area contributed by atoms with E-state index in [-0.39, 0.29) is 10.8 Å². The summed E-state index contributed by atoms with van der Waals surface area (Å²) in [7, 11) is -3.71. The molecule has 0 radical (unpaired) electrons. The lowest BCUT2D eigenvalue weighted by Gasteiger charge is -2.38. The van der Waals surface area contributed by atoms with Crippen LogP contribution in [0.1, 0.15) is 18.4 Å². The van der Waals surface area contributed by atoms with E-state index in [4.69, 9.17) is 11.6 Å². The summed E-state index contributed by atoms with van der Waals surface area (Å²) in [5.74, 6) is -0.0980. The fourth-order valence-corrected chi connectivity index (χ4v) is 6.70. The predicted molar refractivity (Wildman–Crippen MR) is 134 cm³/mol. The minimum Gasteiger partial charge on any atom is -0.367 e. The van der Waals surface area contributed by atoms with E-state index in [2.05, 4.69) is 9.88 Å². The number of rotatable bonds is 4. The summed E-state index contributed by atoms with van der Waals surface area (Å²) in [5, 5.41) is 1.67. The lowest BCUT2D eigenvalue weighted by atomic mass is 10.1. The third-order valence-electron chi connectivity index (χ3n) is 6.73. The van der Waals surface area contributed by atoms with Gasteiger partial charge in [-0.25, -0.2) is 8.42 Å². The summed E-state index contributed by atoms with van der Waals surface area (Å²) in [5.41, 5.74) is 2.90. The minimum atomic E-state index is -3.71. The molecule has 3 aromatic rings. The summed E-state index contributed by atoms with van der Waals surface area (Å²) in [6, 6.07) is 13.9. The molecule has 5 rings (SSSR count). The van der Waals surface area contributed by atoms with Crippen molar-refractivity contribution in [1.82, 2.24) is 14.2 Å². The van der Waals surface area contributed by atoms with E-state index in [1.165, 1.54) is 4.31 Å². The van der Waals surface area contributed by atoms with E-state index >= 15 is 0 Å². The number of carbonyl (C=O) groups is 1. The molecule has 0 N–H and O–H groups in total. The van der Waals surface area contributed by atoms with Crippen LogP contribution in [0.5, 0.6) is 0 Å². The molecule has 178 valence electrons. The van der Waals surface area contributed by atoms with Crippen LogP contribution in [-0.2, 0) is 14.8 Å². The average Bonchev–Trinajstić information content (AvgIpc) is 3.34. The van der Waals surface area contributed by atoms with Crippen molar-refractivity contribution in [1.29, 1.82) is 0 Å². The molecule has 2 saturated heterocycles. The molecule has 0 spiro atoms. The van der Waals surface area contributed by atoms with Crippen molar-refractivity contribution in [3.63, 3.8) is 0 Å². The van der Waals surface area contributed by atoms with Gasteiger partial charge in [-0.05, 0) is 56.2 Å². The Morgan fingerprint density at radius 1 is 1.00 bits per heavy atom. The number of sulfonamides is 1. The number of hydrogen-bond donors (Lipinski definition) is 0. The monoisotopic (exact) mass is 498 g/mol. The Morgan fingerprint density at radius 2 is 1.74 bits per heavy atom. The number of anilines is 1. The second-order valence-corrected chi connectivity index (χ2v) is 11.2. The molecule has 34 heavy (non-hydrogen) atoms. The fourth-order valence-electron chi connectivity index (χ4n) is 4.88. The van der Waals surface area contributed by atoms with Crippen molar-refractivity contribution in [3.05, 3.63) is 65.3 Å². The van der Waals surface area contributed by atoms with Crippen LogP contribution >= 0.6 is 11.6 Å². The minimum absolute atomic E-state index is 0.0980. The first-order valence-corrected chi connectivity index (χ1v) is 13.3. The van der Waals surface area contributed by atoms with Gasteiger partial charge in [0.25, 0.3) is 0 Å². The van der Waals surface area contributed by atoms with Crippen LogP contribution in [0.3, 0.4) is 0 Å². The van der Waals surface area contributed by atoms with Gasteiger partial charge >= 0.3 is 0 Å². The van der Waals surface area contributed by atoms with Gasteiger partial charge in [0.1, 0.15) is 6.04 Å². The summed E-state index contributed by atoms with van der Waals surface area (Å²) >= 11 is 6.12. The zero-order valence-electron chi connectivity index (χ0n) is 19.0. The van der Waals surface area contributed by atoms with Crippen LogP contribution in [-0.4, -0.2) is 67.3 Å². The highest BCUT2D eigenvalue weighted by Crippen LogP contribution is 2.30. The highest BCUT2D eigenvalue weighted by Gasteiger charge is 2.41. The van der Waals surface area contributed by atoms with E-state index in [9.17, 15) is 13.2 Å². The number of aryl methyl sites for hydroxylation is 1. The zero-order valence-corrected chi connectivity index (χ0v) is 20.6. The molecule has 0 bridgehead atoms. The van der Waals surface area contributed by atoms with Crippen LogP contribution in [0.4, 0.5) is 5.69 Å². The standard InChI is InChI=1S/C25H27ClN4O3S/c1-18-4-7-20(8-5-18)34(32,33)30-12-2-3-24(30)25(31)29-15-13-28(14-16-29)23-10-11-27-22-17-19(26)6-9-21(22)23/h4-11,17,24H,2-3,12-16H2,1H3/t24-/m1/s1. The lowest BCUT2D eigenvalue weighted by molar-refractivity contribution is -0.134. The number of carbonyl (C=O) groups excluding carboxylic acids is 1. The van der Waals surface area contributed by atoms with Gasteiger partial charge in [0.15, 0.2) is 0 Å². The normalized spacial score (nSPS) is 19.6. The average molecular weight is 499 g/mol. The van der Waals surface area contributed by atoms with E-state index in [0.29, 0.717) is 50.6 Å². The van der Waals surface area contributed by atoms with Gasteiger partial charge in [-0.2, -0.15) is 4.31 Å². The summed E-state index contributed by atoms with van der Waals surface area (Å²) < 4.78 is 27.9. The molecule has 2 fully saturated rings. The summed E-state index contributed by atoms with van der Waals surface area (Å²) in [6.07, 6.45) is 3.02. The van der Waals surface area contributed by atoms with Crippen molar-refractivity contribution in [2.45, 2.75) is 30.7 Å². The van der Waals surface area contributed by atoms with Crippen molar-refractivity contribution in [3.8, 4) is 0 Å². The van der Waals surface area contributed by atoms with Gasteiger partial charge < -0.3 is 9.80 Å². The second kappa shape index (κ2) is 9.17. The maximum atomic E-state index is 13.4. The van der Waals surface area contributed by atoms with Gasteiger partial charge in [0.05, 0.1) is 10.4 Å². The van der Waals surface area contributed by atoms with Gasteiger partial charge in [-0.15, -0.1) is 0 Å². The highest BCUT2D eigenvalue weighted by atomic mass is 35.5. The smallest absolute Gasteiger partial charge is 0.243 e. The molecule has 1 amide bonds. The number of piperazine rings is 1. The number of aromatic nitrogens is 1. The molecular weight excluding hydrogens is 472 g/mol. The van der Waals surface area contributed by atoms with Crippen LogP contribution in [0, 0.1) is 6.92 Å². The topological polar surface area (TPSA) is 73.8 Å². The SMILES string of the molecule is Cc1ccc(S(=O)(=O)N2CCC[C@@H]2C(=O)N2CCN(c3ccnc4cc(Cl)ccc34)CC2)cc1. The molecule has 3 heterocycles. The Morgan fingerprint density at radius 3 is 2.47 bits per heavy atom. The van der Waals surface area contributed by atoms with Crippen molar-refractivity contribution < 1.29 is 13.2 Å². The third-order valence-corrected chi connectivity index (χ3v) is 8.89. The number of nitrogens with zero attached hydrogens (tertiary/aromatic N) is 4. The van der Waals surface area contributed by atoms with Crippen molar-refractivity contribution in [2.75, 3.05) is 37.6 Å². The molecule has 1 atom stereocenters. The van der Waals surface area contributed by atoms with Gasteiger partial charge in [0, 0.05) is 55.0 Å². The van der Waals surface area contributed by atoms with E-state index < -0.39 is 16.1 Å². The number of hydrogen-bond acceptors (Lipinski definition) is 5. The molecule has 9 heteroatoms. The Kier molecular flexibility index (Phi) is 6.22. The fraction of sp³-hybridized carbons (Fsp3) is 0.360. The highest BCUT2D eigenvalue weighted by molar-refractivity contribution is 7.89. The Labute approximate surface area is 205 Å². The first kappa shape index (κ1) is 23.1. The molecule has 1 aromatic heterocycles. The molecule has 0 saturated carbocycles. The van der Waals surface area contributed by atoms with Gasteiger partial charge in [-0.3, -0.25) is 9.78 Å². The number of pyridine rings is 1. The van der Waals surface area contributed by atoms with Crippen molar-refractivity contribution in [2.24, 2.45) is 0 Å². The van der Waals surface area contributed by atoms with Gasteiger partial charge in [-0.1, -0.05) is 29.3 Å². The molecule has 0 unspecified atom stereocenters. The first-order valence-electron chi connectivity index (χ1n) is 11.5. The molecule has 2 aromatic carbocycles. The predicted octanol–water partition coefficient (Wildman–Crippen LogP) is 3.70. The lowest BCUT2D eigenvalue weighted by Crippen LogP contribution is -2.54. The maximum absolute atomic E-state index is 13.4. The molecule has 0 aliphatic carbocycles. The number of fused-ring (bicyclic) bond motifs is 1. The Bertz CT molecular complexity index is 1320. The van der Waals surface area contributed by atoms with Crippen LogP contribution < -0.4 is 4.90 Å². The molecule has 2 aliphatic heterocycles. The van der Waals surface area contributed by atoms with E-state index in [1.807, 2.05) is 36.1 Å². The molecule has 7 nitrogen and oxygen atoms in total. The summed E-state index contributed by atoms with van der Waals surface area (Å²) in [4.78, 5) is 22.1. The Balaban J connectivity index is 1.30. The first-order chi connectivity index (χ1) is 16.3. The number of halogens is 1. The van der Waals surface area contributed by atoms with Crippen LogP contribution in [0.2, 0.25) is 5.02 Å².